The Balaban J connectivity index is 1.88. The van der Waals surface area contributed by atoms with Crippen LogP contribution in [0.25, 0.3) is 0 Å². The summed E-state index contributed by atoms with van der Waals surface area (Å²) in [6.07, 6.45) is 4.65. The highest BCUT2D eigenvalue weighted by molar-refractivity contribution is 5.32. The fourth-order valence-electron chi connectivity index (χ4n) is 2.72. The van der Waals surface area contributed by atoms with Gasteiger partial charge in [0.1, 0.15) is 0 Å². The van der Waals surface area contributed by atoms with Crippen LogP contribution < -0.4 is 0 Å². The zero-order valence-corrected chi connectivity index (χ0v) is 9.89. The monoisotopic (exact) mass is 227 g/mol. The first kappa shape index (κ1) is 10.8. The van der Waals surface area contributed by atoms with Gasteiger partial charge in [-0.3, -0.25) is 0 Å². The average Bonchev–Trinajstić information content (AvgIpc) is 3.12. The highest BCUT2D eigenvalue weighted by Crippen LogP contribution is 2.50. The lowest BCUT2D eigenvalue weighted by atomic mass is 9.64. The van der Waals surface area contributed by atoms with Crippen LogP contribution in [0.3, 0.4) is 0 Å². The molecule has 1 aromatic carbocycles. The van der Waals surface area contributed by atoms with Gasteiger partial charge in [0.05, 0.1) is 17.6 Å². The molecule has 88 valence electrons. The average molecular weight is 227 g/mol. The summed E-state index contributed by atoms with van der Waals surface area (Å²) in [6, 6.07) is 10.5. The van der Waals surface area contributed by atoms with Gasteiger partial charge in [-0.1, -0.05) is 30.7 Å². The van der Waals surface area contributed by atoms with Crippen LogP contribution in [0.2, 0.25) is 0 Å². The molecular formula is C15H17NO. The third-order valence-corrected chi connectivity index (χ3v) is 4.27. The van der Waals surface area contributed by atoms with Crippen molar-refractivity contribution < 1.29 is 5.11 Å². The lowest BCUT2D eigenvalue weighted by molar-refractivity contribution is 0.00791. The van der Waals surface area contributed by atoms with Crippen molar-refractivity contribution in [3.05, 3.63) is 35.4 Å². The van der Waals surface area contributed by atoms with Crippen LogP contribution in [0.15, 0.2) is 24.3 Å². The topological polar surface area (TPSA) is 44.0 Å². The van der Waals surface area contributed by atoms with E-state index in [-0.39, 0.29) is 0 Å². The third-order valence-electron chi connectivity index (χ3n) is 4.27. The van der Waals surface area contributed by atoms with E-state index in [1.54, 1.807) is 0 Å². The minimum atomic E-state index is -0.611. The molecule has 1 atom stereocenters. The maximum atomic E-state index is 10.4. The van der Waals surface area contributed by atoms with E-state index in [2.05, 4.69) is 18.2 Å². The Morgan fingerprint density at radius 2 is 2.12 bits per heavy atom. The minimum Gasteiger partial charge on any atom is -0.387 e. The number of hydrogen-bond donors (Lipinski definition) is 1. The zero-order chi connectivity index (χ0) is 11.9. The van der Waals surface area contributed by atoms with Crippen molar-refractivity contribution in [2.24, 2.45) is 5.41 Å². The second kappa shape index (κ2) is 3.85. The van der Waals surface area contributed by atoms with E-state index in [1.165, 1.54) is 18.4 Å². The zero-order valence-electron chi connectivity index (χ0n) is 9.89. The van der Waals surface area contributed by atoms with E-state index in [1.807, 2.05) is 12.1 Å². The predicted molar refractivity (Wildman–Crippen MR) is 65.3 cm³/mol. The second-order valence-electron chi connectivity index (χ2n) is 5.47. The van der Waals surface area contributed by atoms with Crippen molar-refractivity contribution in [2.75, 3.05) is 0 Å². The number of aliphatic hydroxyl groups excluding tert-OH is 1. The maximum absolute atomic E-state index is 10.4. The molecule has 2 nitrogen and oxygen atoms in total. The van der Waals surface area contributed by atoms with E-state index in [0.29, 0.717) is 5.92 Å². The van der Waals surface area contributed by atoms with Gasteiger partial charge in [-0.15, -0.1) is 0 Å². The molecule has 1 N–H and O–H groups in total. The first-order chi connectivity index (χ1) is 8.25. The Morgan fingerprint density at radius 3 is 2.65 bits per heavy atom. The number of hydrogen-bond acceptors (Lipinski definition) is 2. The highest BCUT2D eigenvalue weighted by Gasteiger charge is 2.44. The van der Waals surface area contributed by atoms with Crippen molar-refractivity contribution in [3.63, 3.8) is 0 Å². The van der Waals surface area contributed by atoms with Gasteiger partial charge in [0.2, 0.25) is 0 Å². The van der Waals surface area contributed by atoms with Crippen LogP contribution in [-0.2, 0) is 0 Å². The first-order valence-corrected chi connectivity index (χ1v) is 6.44. The first-order valence-electron chi connectivity index (χ1n) is 6.44. The van der Waals surface area contributed by atoms with E-state index in [4.69, 9.17) is 0 Å². The lowest BCUT2D eigenvalue weighted by Crippen LogP contribution is -2.34. The van der Waals surface area contributed by atoms with Crippen molar-refractivity contribution in [1.82, 2.24) is 0 Å². The van der Waals surface area contributed by atoms with Gasteiger partial charge in [-0.05, 0) is 42.7 Å². The van der Waals surface area contributed by atoms with Crippen LogP contribution >= 0.6 is 0 Å². The summed E-state index contributed by atoms with van der Waals surface area (Å²) in [5, 5.41) is 19.6. The SMILES string of the molecule is N#CC1(C(O)c2cccc(C3CC3)c2)CCC1. The molecule has 3 rings (SSSR count). The molecule has 2 aliphatic rings. The fourth-order valence-corrected chi connectivity index (χ4v) is 2.72. The molecule has 2 heteroatoms. The van der Waals surface area contributed by atoms with E-state index >= 15 is 0 Å². The molecule has 1 unspecified atom stereocenters. The van der Waals surface area contributed by atoms with Crippen LogP contribution in [0.4, 0.5) is 0 Å². The quantitative estimate of drug-likeness (QED) is 0.861. The van der Waals surface area contributed by atoms with Gasteiger partial charge in [0, 0.05) is 0 Å². The summed E-state index contributed by atoms with van der Waals surface area (Å²) in [6.45, 7) is 0. The molecule has 0 spiro atoms. The van der Waals surface area contributed by atoms with Crippen molar-refractivity contribution in [2.45, 2.75) is 44.1 Å². The van der Waals surface area contributed by atoms with Gasteiger partial charge >= 0.3 is 0 Å². The highest BCUT2D eigenvalue weighted by atomic mass is 16.3. The van der Waals surface area contributed by atoms with Crippen LogP contribution in [0.1, 0.15) is 55.3 Å². The van der Waals surface area contributed by atoms with Crippen molar-refractivity contribution >= 4 is 0 Å². The van der Waals surface area contributed by atoms with E-state index < -0.39 is 11.5 Å². The number of nitriles is 1. The molecule has 0 saturated heterocycles. The molecule has 0 radical (unpaired) electrons. The summed E-state index contributed by atoms with van der Waals surface area (Å²) in [7, 11) is 0. The van der Waals surface area contributed by atoms with Crippen LogP contribution in [0.5, 0.6) is 0 Å². The largest absolute Gasteiger partial charge is 0.387 e. The normalized spacial score (nSPS) is 23.5. The Hall–Kier alpha value is -1.33. The smallest absolute Gasteiger partial charge is 0.0976 e. The fraction of sp³-hybridized carbons (Fsp3) is 0.533. The number of nitrogens with zero attached hydrogens (tertiary/aromatic N) is 1. The Kier molecular flexibility index (Phi) is 2.45. The maximum Gasteiger partial charge on any atom is 0.0976 e. The predicted octanol–water partition coefficient (Wildman–Crippen LogP) is 3.29. The number of rotatable bonds is 3. The third kappa shape index (κ3) is 1.75. The summed E-state index contributed by atoms with van der Waals surface area (Å²) >= 11 is 0. The molecule has 2 aliphatic carbocycles. The van der Waals surface area contributed by atoms with Gasteiger partial charge in [0.15, 0.2) is 0 Å². The standard InChI is InChI=1S/C15H17NO/c16-10-15(7-2-8-15)14(17)13-4-1-3-12(9-13)11-5-6-11/h1,3-4,9,11,14,17H,2,5-8H2. The van der Waals surface area contributed by atoms with Crippen molar-refractivity contribution in [1.29, 1.82) is 5.26 Å². The second-order valence-corrected chi connectivity index (χ2v) is 5.47. The molecule has 0 bridgehead atoms. The summed E-state index contributed by atoms with van der Waals surface area (Å²) in [5.74, 6) is 0.696. The molecule has 0 aliphatic heterocycles. The van der Waals surface area contributed by atoms with E-state index in [9.17, 15) is 10.4 Å². The van der Waals surface area contributed by atoms with Gasteiger partial charge < -0.3 is 5.11 Å². The summed E-state index contributed by atoms with van der Waals surface area (Å²) < 4.78 is 0. The number of benzene rings is 1. The summed E-state index contributed by atoms with van der Waals surface area (Å²) in [4.78, 5) is 0. The lowest BCUT2D eigenvalue weighted by Gasteiger charge is -2.39. The van der Waals surface area contributed by atoms with Crippen molar-refractivity contribution in [3.8, 4) is 6.07 Å². The number of aliphatic hydroxyl groups is 1. The van der Waals surface area contributed by atoms with Gasteiger partial charge in [-0.2, -0.15) is 5.26 Å². The van der Waals surface area contributed by atoms with Crippen LogP contribution in [0, 0.1) is 16.7 Å². The molecular weight excluding hydrogens is 210 g/mol. The van der Waals surface area contributed by atoms with Crippen LogP contribution in [-0.4, -0.2) is 5.11 Å². The Bertz CT molecular complexity index is 466. The van der Waals surface area contributed by atoms with Gasteiger partial charge in [-0.25, -0.2) is 0 Å². The van der Waals surface area contributed by atoms with E-state index in [0.717, 1.165) is 24.8 Å². The van der Waals surface area contributed by atoms with Gasteiger partial charge in [0.25, 0.3) is 0 Å². The Labute approximate surface area is 102 Å². The molecule has 2 saturated carbocycles. The molecule has 0 heterocycles. The summed E-state index contributed by atoms with van der Waals surface area (Å²) in [5.41, 5.74) is 1.74. The molecule has 0 amide bonds. The Morgan fingerprint density at radius 1 is 1.35 bits per heavy atom. The minimum absolute atomic E-state index is 0.512. The molecule has 17 heavy (non-hydrogen) atoms. The molecule has 2 fully saturated rings. The molecule has 0 aromatic heterocycles. The molecule has 1 aromatic rings.